The number of nitrogens with zero attached hydrogens (tertiary/aromatic N) is 3. The predicted molar refractivity (Wildman–Crippen MR) is 110 cm³/mol. The van der Waals surface area contributed by atoms with Gasteiger partial charge in [-0.15, -0.1) is 0 Å². The number of fused-ring (bicyclic) bond motifs is 1. The first-order chi connectivity index (χ1) is 14.3. The van der Waals surface area contributed by atoms with Crippen LogP contribution in [0.3, 0.4) is 0 Å². The molecular weight excluding hydrogens is 386 g/mol. The van der Waals surface area contributed by atoms with Gasteiger partial charge in [-0.2, -0.15) is 4.57 Å². The largest absolute Gasteiger partial charge is 0.477 e. The highest BCUT2D eigenvalue weighted by molar-refractivity contribution is 5.96. The third kappa shape index (κ3) is 3.83. The molecule has 9 heteroatoms. The van der Waals surface area contributed by atoms with Gasteiger partial charge < -0.3 is 15.3 Å². The summed E-state index contributed by atoms with van der Waals surface area (Å²) in [4.78, 5) is 39.7. The zero-order valence-electron chi connectivity index (χ0n) is 17.5. The number of hydrogen-bond donors (Lipinski definition) is 3. The van der Waals surface area contributed by atoms with Crippen LogP contribution in [0, 0.1) is 5.92 Å². The third-order valence-electron chi connectivity index (χ3n) is 5.51. The van der Waals surface area contributed by atoms with Crippen LogP contribution in [0.5, 0.6) is 5.88 Å². The van der Waals surface area contributed by atoms with E-state index in [4.69, 9.17) is 0 Å². The Morgan fingerprint density at radius 3 is 2.67 bits per heavy atom. The molecule has 0 aliphatic heterocycles. The Morgan fingerprint density at radius 2 is 2.07 bits per heavy atom. The molecule has 0 unspecified atom stereocenters. The van der Waals surface area contributed by atoms with Gasteiger partial charge in [-0.05, 0) is 37.7 Å². The van der Waals surface area contributed by atoms with Crippen molar-refractivity contribution in [2.75, 3.05) is 7.05 Å². The van der Waals surface area contributed by atoms with Crippen LogP contribution in [0.2, 0.25) is 0 Å². The molecule has 2 aromatic heterocycles. The van der Waals surface area contributed by atoms with Gasteiger partial charge in [0.1, 0.15) is 0 Å². The van der Waals surface area contributed by atoms with Gasteiger partial charge in [0.25, 0.3) is 5.91 Å². The quantitative estimate of drug-likeness (QED) is 0.460. The Morgan fingerprint density at radius 1 is 1.37 bits per heavy atom. The number of rotatable bonds is 7. The van der Waals surface area contributed by atoms with Gasteiger partial charge in [0, 0.05) is 25.2 Å². The van der Waals surface area contributed by atoms with Gasteiger partial charge in [0.15, 0.2) is 0 Å². The van der Waals surface area contributed by atoms with E-state index < -0.39 is 11.5 Å². The normalized spacial score (nSPS) is 16.5. The summed E-state index contributed by atoms with van der Waals surface area (Å²) >= 11 is 0. The van der Waals surface area contributed by atoms with Crippen molar-refractivity contribution in [3.05, 3.63) is 33.8 Å². The Balaban J connectivity index is 1.78. The van der Waals surface area contributed by atoms with Crippen molar-refractivity contribution >= 4 is 23.5 Å². The number of aromatic nitrogens is 3. The Bertz CT molecular complexity index is 1090. The molecule has 2 saturated carbocycles. The number of hydrogen-bond acceptors (Lipinski definition) is 4. The average molecular weight is 414 g/mol. The summed E-state index contributed by atoms with van der Waals surface area (Å²) in [7, 11) is 1.78. The van der Waals surface area contributed by atoms with E-state index in [1.165, 1.54) is 10.6 Å². The van der Waals surface area contributed by atoms with Crippen LogP contribution in [0.1, 0.15) is 55.5 Å². The maximum Gasteiger partial charge on any atom is 0.378 e. The van der Waals surface area contributed by atoms with E-state index in [-0.39, 0.29) is 29.3 Å². The summed E-state index contributed by atoms with van der Waals surface area (Å²) < 4.78 is 2.80. The lowest BCUT2D eigenvalue weighted by Crippen LogP contribution is -2.46. The molecule has 2 aliphatic carbocycles. The molecule has 0 radical (unpaired) electrons. The number of nitrogens with one attached hydrogen (secondary N) is 2. The van der Waals surface area contributed by atoms with Crippen molar-refractivity contribution in [3.8, 4) is 5.88 Å². The second kappa shape index (κ2) is 7.62. The Hall–Kier alpha value is -3.10. The van der Waals surface area contributed by atoms with Gasteiger partial charge in [-0.25, -0.2) is 9.89 Å². The molecule has 3 N–H and O–H groups in total. The third-order valence-corrected chi connectivity index (χ3v) is 5.51. The Labute approximate surface area is 174 Å². The van der Waals surface area contributed by atoms with Crippen molar-refractivity contribution in [1.29, 1.82) is 0 Å². The topological polar surface area (TPSA) is 111 Å². The van der Waals surface area contributed by atoms with E-state index in [1.807, 2.05) is 13.8 Å². The summed E-state index contributed by atoms with van der Waals surface area (Å²) in [5.74, 6) is -0.891. The first-order valence-electron chi connectivity index (χ1n) is 10.4. The lowest BCUT2D eigenvalue weighted by molar-refractivity contribution is -0.686. The van der Waals surface area contributed by atoms with Gasteiger partial charge in [0.2, 0.25) is 11.5 Å². The first kappa shape index (κ1) is 20.2. The van der Waals surface area contributed by atoms with E-state index in [2.05, 4.69) is 10.4 Å². The van der Waals surface area contributed by atoms with Gasteiger partial charge >= 0.3 is 17.1 Å². The number of aromatic amines is 1. The molecule has 2 aliphatic rings. The van der Waals surface area contributed by atoms with E-state index in [1.54, 1.807) is 28.8 Å². The fourth-order valence-corrected chi connectivity index (χ4v) is 3.53. The highest BCUT2D eigenvalue weighted by Crippen LogP contribution is 2.25. The maximum absolute atomic E-state index is 13.0. The average Bonchev–Trinajstić information content (AvgIpc) is 3.61. The monoisotopic (exact) mass is 414 g/mol. The Kier molecular flexibility index (Phi) is 5.13. The van der Waals surface area contributed by atoms with Crippen LogP contribution in [0.15, 0.2) is 17.1 Å². The molecule has 0 spiro atoms. The highest BCUT2D eigenvalue weighted by atomic mass is 16.3. The van der Waals surface area contributed by atoms with Crippen LogP contribution in [0.25, 0.3) is 11.7 Å². The molecule has 2 amide bonds. The molecule has 2 aromatic rings. The van der Waals surface area contributed by atoms with E-state index >= 15 is 0 Å². The zero-order valence-corrected chi connectivity index (χ0v) is 17.5. The summed E-state index contributed by atoms with van der Waals surface area (Å²) in [6, 6.07) is 0.363. The molecule has 2 fully saturated rings. The summed E-state index contributed by atoms with van der Waals surface area (Å²) in [5, 5.41) is 16.5. The van der Waals surface area contributed by atoms with Gasteiger partial charge in [0.05, 0.1) is 18.3 Å². The molecule has 9 nitrogen and oxygen atoms in total. The van der Waals surface area contributed by atoms with Crippen LogP contribution in [0.4, 0.5) is 0 Å². The molecule has 0 atom stereocenters. The highest BCUT2D eigenvalue weighted by Gasteiger charge is 2.34. The molecule has 30 heavy (non-hydrogen) atoms. The van der Waals surface area contributed by atoms with E-state index in [9.17, 15) is 19.5 Å². The number of likely N-dealkylation sites (N-methyl/N-ethyl adjacent to an activating group) is 1. The van der Waals surface area contributed by atoms with Crippen molar-refractivity contribution < 1.29 is 19.3 Å². The smallest absolute Gasteiger partial charge is 0.378 e. The first-order valence-corrected chi connectivity index (χ1v) is 10.4. The van der Waals surface area contributed by atoms with Crippen LogP contribution < -0.4 is 15.4 Å². The maximum atomic E-state index is 13.0. The lowest BCUT2D eigenvalue weighted by atomic mass is 10.2. The van der Waals surface area contributed by atoms with Gasteiger partial charge in [-0.3, -0.25) is 9.59 Å². The summed E-state index contributed by atoms with van der Waals surface area (Å²) in [6.45, 7) is 4.36. The summed E-state index contributed by atoms with van der Waals surface area (Å²) in [5.41, 5.74) is 0.0887. The van der Waals surface area contributed by atoms with Crippen molar-refractivity contribution in [1.82, 2.24) is 19.8 Å². The predicted octanol–water partition coefficient (Wildman–Crippen LogP) is 0.803. The lowest BCUT2D eigenvalue weighted by Gasteiger charge is -2.13. The van der Waals surface area contributed by atoms with Crippen molar-refractivity contribution in [3.63, 3.8) is 0 Å². The molecule has 0 saturated heterocycles. The van der Waals surface area contributed by atoms with E-state index in [0.29, 0.717) is 23.8 Å². The number of amides is 2. The van der Waals surface area contributed by atoms with Crippen molar-refractivity contribution in [2.24, 2.45) is 5.92 Å². The minimum atomic E-state index is -0.623. The molecule has 2 heterocycles. The molecule has 0 bridgehead atoms. The second-order valence-corrected chi connectivity index (χ2v) is 8.66. The molecular formula is C21H28N5O4+. The standard InChI is InChI=1S/C21H27N5O4/c1-12(2)11-25-19-13(4-9-16(27)24(3)15-7-8-15)10-22-26(19)21(30)17(20(25)29)18(28)23-14-5-6-14/h4,9-10,12,14-15H,5-8,11H2,1-3H3,(H2,23,28,29,30)/p+1/b9-4+. The number of H-pyrrole nitrogens is 1. The minimum absolute atomic E-state index is 0.0622. The van der Waals surface area contributed by atoms with Crippen LogP contribution >= 0.6 is 0 Å². The number of carbonyl (C=O) groups excluding carboxylic acids is 2. The molecule has 0 aromatic carbocycles. The minimum Gasteiger partial charge on any atom is -0.477 e. The van der Waals surface area contributed by atoms with Crippen LogP contribution in [-0.4, -0.2) is 50.6 Å². The molecule has 4 rings (SSSR count). The fraction of sp³-hybridized carbons (Fsp3) is 0.524. The van der Waals surface area contributed by atoms with E-state index in [0.717, 1.165) is 25.7 Å². The van der Waals surface area contributed by atoms with Gasteiger partial charge in [-0.1, -0.05) is 18.4 Å². The number of aromatic hydroxyl groups is 1. The molecule has 160 valence electrons. The second-order valence-electron chi connectivity index (χ2n) is 8.66. The van der Waals surface area contributed by atoms with Crippen LogP contribution in [-0.2, 0) is 11.3 Å². The SMILES string of the molecule is CC(C)C[n+]1c(O)c(C(=O)NC2CC2)c(=O)n2[nH]cc(/C=C/C(=O)N(C)C3CC3)c21. The zero-order chi connectivity index (χ0) is 21.6. The van der Waals surface area contributed by atoms with Crippen molar-refractivity contribution in [2.45, 2.75) is 58.2 Å². The number of carbonyl (C=O) groups is 2. The fourth-order valence-electron chi connectivity index (χ4n) is 3.53. The summed E-state index contributed by atoms with van der Waals surface area (Å²) in [6.07, 6.45) is 8.49.